The molecular formula is C9H11BrINO2S. The number of thiophene rings is 1. The molecule has 15 heavy (non-hydrogen) atoms. The molecule has 0 bridgehead atoms. The summed E-state index contributed by atoms with van der Waals surface area (Å²) in [6.07, 6.45) is 0. The Bertz CT molecular complexity index is 332. The number of methoxy groups -OCH3 is 1. The number of nitrogens with one attached hydrogen (secondary N) is 1. The summed E-state index contributed by atoms with van der Waals surface area (Å²) in [7, 11) is 1.41. The van der Waals surface area contributed by atoms with Gasteiger partial charge in [0.2, 0.25) is 0 Å². The quantitative estimate of drug-likeness (QED) is 0.466. The average Bonchev–Trinajstić information content (AvgIpc) is 2.63. The Morgan fingerprint density at radius 1 is 1.80 bits per heavy atom. The molecule has 0 aliphatic carbocycles. The van der Waals surface area contributed by atoms with E-state index in [0.29, 0.717) is 6.54 Å². The Morgan fingerprint density at radius 2 is 2.53 bits per heavy atom. The van der Waals surface area contributed by atoms with Gasteiger partial charge in [0.15, 0.2) is 0 Å². The lowest BCUT2D eigenvalue weighted by atomic mass is 10.4. The third kappa shape index (κ3) is 4.38. The highest BCUT2D eigenvalue weighted by Crippen LogP contribution is 2.22. The summed E-state index contributed by atoms with van der Waals surface area (Å²) in [5.41, 5.74) is 0. The average molecular weight is 404 g/mol. The summed E-state index contributed by atoms with van der Waals surface area (Å²) >= 11 is 7.21. The zero-order valence-electron chi connectivity index (χ0n) is 8.13. The van der Waals surface area contributed by atoms with Crippen molar-refractivity contribution in [2.24, 2.45) is 0 Å². The van der Waals surface area contributed by atoms with Crippen LogP contribution in [-0.4, -0.2) is 23.5 Å². The van der Waals surface area contributed by atoms with Gasteiger partial charge in [0, 0.05) is 22.4 Å². The molecule has 1 unspecified atom stereocenters. The second-order valence-electron chi connectivity index (χ2n) is 2.81. The van der Waals surface area contributed by atoms with Gasteiger partial charge in [-0.1, -0.05) is 22.6 Å². The molecule has 1 atom stereocenters. The molecule has 1 aromatic rings. The maximum atomic E-state index is 11.1. The van der Waals surface area contributed by atoms with Crippen LogP contribution in [0, 0.1) is 0 Å². The smallest absolute Gasteiger partial charge is 0.319 e. The standard InChI is InChI=1S/C9H11BrINO2S/c1-14-9(13)7(11)4-12-5-8-6(10)2-3-15-8/h2-3,7,12H,4-5H2,1H3. The summed E-state index contributed by atoms with van der Waals surface area (Å²) in [6.45, 7) is 1.40. The topological polar surface area (TPSA) is 38.3 Å². The van der Waals surface area contributed by atoms with Crippen LogP contribution in [0.3, 0.4) is 0 Å². The van der Waals surface area contributed by atoms with Crippen molar-refractivity contribution < 1.29 is 9.53 Å². The van der Waals surface area contributed by atoms with E-state index in [1.165, 1.54) is 12.0 Å². The van der Waals surface area contributed by atoms with E-state index in [9.17, 15) is 4.79 Å². The molecule has 6 heteroatoms. The molecular weight excluding hydrogens is 393 g/mol. The van der Waals surface area contributed by atoms with Crippen molar-refractivity contribution in [3.05, 3.63) is 20.8 Å². The van der Waals surface area contributed by atoms with E-state index in [4.69, 9.17) is 0 Å². The number of hydrogen-bond acceptors (Lipinski definition) is 4. The van der Waals surface area contributed by atoms with Crippen molar-refractivity contribution >= 4 is 55.8 Å². The maximum Gasteiger partial charge on any atom is 0.319 e. The Kier molecular flexibility index (Phi) is 6.10. The van der Waals surface area contributed by atoms with Crippen LogP contribution in [0.25, 0.3) is 0 Å². The highest BCUT2D eigenvalue weighted by Gasteiger charge is 2.14. The van der Waals surface area contributed by atoms with Crippen molar-refractivity contribution in [3.63, 3.8) is 0 Å². The summed E-state index contributed by atoms with van der Waals surface area (Å²) in [5.74, 6) is -0.187. The Balaban J connectivity index is 2.28. The second-order valence-corrected chi connectivity index (χ2v) is 6.17. The minimum absolute atomic E-state index is 0.133. The first kappa shape index (κ1) is 13.4. The first-order valence-corrected chi connectivity index (χ1v) is 7.21. The van der Waals surface area contributed by atoms with Crippen LogP contribution in [0.15, 0.2) is 15.9 Å². The van der Waals surface area contributed by atoms with E-state index in [-0.39, 0.29) is 9.89 Å². The van der Waals surface area contributed by atoms with Gasteiger partial charge in [-0.05, 0) is 27.4 Å². The van der Waals surface area contributed by atoms with Crippen LogP contribution in [-0.2, 0) is 16.1 Å². The van der Waals surface area contributed by atoms with Gasteiger partial charge in [-0.3, -0.25) is 4.79 Å². The van der Waals surface area contributed by atoms with E-state index in [2.05, 4.69) is 48.6 Å². The van der Waals surface area contributed by atoms with E-state index < -0.39 is 0 Å². The van der Waals surface area contributed by atoms with Crippen molar-refractivity contribution in [1.82, 2.24) is 5.32 Å². The number of alkyl halides is 1. The van der Waals surface area contributed by atoms with Gasteiger partial charge in [-0.25, -0.2) is 0 Å². The van der Waals surface area contributed by atoms with Gasteiger partial charge in [-0.15, -0.1) is 11.3 Å². The normalized spacial score (nSPS) is 12.5. The Hall–Kier alpha value is 0.340. The van der Waals surface area contributed by atoms with E-state index in [1.54, 1.807) is 11.3 Å². The van der Waals surface area contributed by atoms with Gasteiger partial charge < -0.3 is 10.1 Å². The number of halogens is 2. The van der Waals surface area contributed by atoms with Crippen molar-refractivity contribution in [3.8, 4) is 0 Å². The van der Waals surface area contributed by atoms with Crippen LogP contribution >= 0.6 is 49.9 Å². The van der Waals surface area contributed by atoms with E-state index >= 15 is 0 Å². The first-order chi connectivity index (χ1) is 7.15. The molecule has 0 amide bonds. The summed E-state index contributed by atoms with van der Waals surface area (Å²) in [5, 5.41) is 5.25. The third-order valence-electron chi connectivity index (χ3n) is 1.76. The van der Waals surface area contributed by atoms with Gasteiger partial charge in [0.05, 0.1) is 7.11 Å². The van der Waals surface area contributed by atoms with Gasteiger partial charge in [0.1, 0.15) is 3.92 Å². The molecule has 0 spiro atoms. The Labute approximate surface area is 115 Å². The van der Waals surface area contributed by atoms with Crippen LogP contribution in [0.5, 0.6) is 0 Å². The highest BCUT2D eigenvalue weighted by atomic mass is 127. The molecule has 1 N–H and O–H groups in total. The minimum atomic E-state index is -0.187. The molecule has 84 valence electrons. The lowest BCUT2D eigenvalue weighted by molar-refractivity contribution is -0.139. The van der Waals surface area contributed by atoms with Crippen LogP contribution in [0.4, 0.5) is 0 Å². The molecule has 1 rings (SSSR count). The monoisotopic (exact) mass is 403 g/mol. The third-order valence-corrected chi connectivity index (χ3v) is 4.63. The first-order valence-electron chi connectivity index (χ1n) is 4.29. The SMILES string of the molecule is COC(=O)C(I)CNCc1sccc1Br. The zero-order chi connectivity index (χ0) is 11.3. The van der Waals surface area contributed by atoms with Crippen molar-refractivity contribution in [2.75, 3.05) is 13.7 Å². The molecule has 0 saturated heterocycles. The number of ether oxygens (including phenoxy) is 1. The summed E-state index contributed by atoms with van der Waals surface area (Å²) in [6, 6.07) is 2.02. The molecule has 1 heterocycles. The molecule has 0 aliphatic heterocycles. The fraction of sp³-hybridized carbons (Fsp3) is 0.444. The van der Waals surface area contributed by atoms with Gasteiger partial charge in [-0.2, -0.15) is 0 Å². The molecule has 1 aromatic heterocycles. The van der Waals surface area contributed by atoms with Crippen LogP contribution in [0.1, 0.15) is 4.88 Å². The van der Waals surface area contributed by atoms with Crippen molar-refractivity contribution in [1.29, 1.82) is 0 Å². The molecule has 0 aromatic carbocycles. The molecule has 3 nitrogen and oxygen atoms in total. The molecule has 0 fully saturated rings. The van der Waals surface area contributed by atoms with Gasteiger partial charge >= 0.3 is 5.97 Å². The Morgan fingerprint density at radius 3 is 3.07 bits per heavy atom. The van der Waals surface area contributed by atoms with E-state index in [1.807, 2.05) is 11.4 Å². The van der Waals surface area contributed by atoms with Crippen LogP contribution in [0.2, 0.25) is 0 Å². The summed E-state index contributed by atoms with van der Waals surface area (Å²) in [4.78, 5) is 12.3. The fourth-order valence-electron chi connectivity index (χ4n) is 0.975. The largest absolute Gasteiger partial charge is 0.468 e. The molecule has 0 aliphatic rings. The summed E-state index contributed by atoms with van der Waals surface area (Å²) < 4.78 is 5.61. The molecule has 0 radical (unpaired) electrons. The lowest BCUT2D eigenvalue weighted by Crippen LogP contribution is -2.29. The highest BCUT2D eigenvalue weighted by molar-refractivity contribution is 14.1. The number of carbonyl (C=O) groups is 1. The lowest BCUT2D eigenvalue weighted by Gasteiger charge is -2.08. The van der Waals surface area contributed by atoms with E-state index in [0.717, 1.165) is 11.0 Å². The minimum Gasteiger partial charge on any atom is -0.468 e. The van der Waals surface area contributed by atoms with Crippen molar-refractivity contribution in [2.45, 2.75) is 10.5 Å². The number of carbonyl (C=O) groups excluding carboxylic acids is 1. The number of rotatable bonds is 5. The predicted molar refractivity (Wildman–Crippen MR) is 73.5 cm³/mol. The number of esters is 1. The van der Waals surface area contributed by atoms with Gasteiger partial charge in [0.25, 0.3) is 0 Å². The molecule has 0 saturated carbocycles. The zero-order valence-corrected chi connectivity index (χ0v) is 12.7. The predicted octanol–water partition coefficient (Wildman–Crippen LogP) is 2.58. The van der Waals surface area contributed by atoms with Crippen LogP contribution < -0.4 is 5.32 Å². The second kappa shape index (κ2) is 6.82. The maximum absolute atomic E-state index is 11.1. The fourth-order valence-corrected chi connectivity index (χ4v) is 3.00. The number of hydrogen-bond donors (Lipinski definition) is 1.